The quantitative estimate of drug-likeness (QED) is 0.852. The Kier molecular flexibility index (Phi) is 3.91. The van der Waals surface area contributed by atoms with E-state index in [9.17, 15) is 0 Å². The van der Waals surface area contributed by atoms with Crippen molar-refractivity contribution in [3.05, 3.63) is 17.8 Å². The Hall–Kier alpha value is -1.16. The maximum Gasteiger partial charge on any atom is 0.151 e. The second kappa shape index (κ2) is 5.56. The van der Waals surface area contributed by atoms with Crippen LogP contribution in [0.3, 0.4) is 0 Å². The van der Waals surface area contributed by atoms with E-state index in [4.69, 9.17) is 0 Å². The van der Waals surface area contributed by atoms with E-state index in [1.165, 1.54) is 25.8 Å². The van der Waals surface area contributed by atoms with E-state index in [-0.39, 0.29) is 5.41 Å². The van der Waals surface area contributed by atoms with Crippen molar-refractivity contribution < 1.29 is 0 Å². The number of anilines is 1. The largest absolute Gasteiger partial charge is 0.352 e. The van der Waals surface area contributed by atoms with Crippen LogP contribution in [0.15, 0.2) is 12.1 Å². The zero-order chi connectivity index (χ0) is 15.0. The number of hydrogen-bond acceptors (Lipinski definition) is 4. The molecule has 0 atom stereocenters. The van der Waals surface area contributed by atoms with Crippen molar-refractivity contribution in [2.24, 2.45) is 5.92 Å². The molecule has 2 heterocycles. The number of hydrogen-bond donors (Lipinski definition) is 0. The molecule has 0 bridgehead atoms. The van der Waals surface area contributed by atoms with E-state index in [2.05, 4.69) is 59.9 Å². The zero-order valence-electron chi connectivity index (χ0n) is 13.8. The molecule has 0 amide bonds. The molecule has 2 fully saturated rings. The molecule has 1 saturated carbocycles. The smallest absolute Gasteiger partial charge is 0.151 e. The summed E-state index contributed by atoms with van der Waals surface area (Å²) >= 11 is 0. The summed E-state index contributed by atoms with van der Waals surface area (Å²) in [5.41, 5.74) is 1.14. The molecule has 4 heteroatoms. The molecular weight excluding hydrogens is 260 g/mol. The van der Waals surface area contributed by atoms with Crippen molar-refractivity contribution in [2.45, 2.75) is 51.5 Å². The lowest BCUT2D eigenvalue weighted by Gasteiger charge is -2.46. The summed E-state index contributed by atoms with van der Waals surface area (Å²) in [5, 5.41) is 8.79. The van der Waals surface area contributed by atoms with Gasteiger partial charge in [-0.25, -0.2) is 0 Å². The average molecular weight is 288 g/mol. The molecular formula is C17H28N4. The van der Waals surface area contributed by atoms with Crippen LogP contribution in [-0.4, -0.2) is 47.8 Å². The molecule has 4 nitrogen and oxygen atoms in total. The zero-order valence-corrected chi connectivity index (χ0v) is 13.8. The minimum Gasteiger partial charge on any atom is -0.352 e. The van der Waals surface area contributed by atoms with Crippen LogP contribution in [0, 0.1) is 5.92 Å². The molecule has 0 N–H and O–H groups in total. The molecule has 3 rings (SSSR count). The summed E-state index contributed by atoms with van der Waals surface area (Å²) < 4.78 is 0. The molecule has 21 heavy (non-hydrogen) atoms. The molecule has 1 aliphatic heterocycles. The fourth-order valence-electron chi connectivity index (χ4n) is 3.05. The van der Waals surface area contributed by atoms with Gasteiger partial charge >= 0.3 is 0 Å². The third-order valence-electron chi connectivity index (χ3n) is 5.00. The highest BCUT2D eigenvalue weighted by molar-refractivity contribution is 5.42. The highest BCUT2D eigenvalue weighted by Crippen LogP contribution is 2.29. The van der Waals surface area contributed by atoms with E-state index in [1.54, 1.807) is 0 Å². The first-order valence-electron chi connectivity index (χ1n) is 8.23. The number of likely N-dealkylation sites (N-methyl/N-ethyl adjacent to an activating group) is 1. The predicted molar refractivity (Wildman–Crippen MR) is 86.7 cm³/mol. The van der Waals surface area contributed by atoms with Crippen molar-refractivity contribution in [3.63, 3.8) is 0 Å². The molecule has 0 radical (unpaired) electrons. The Morgan fingerprint density at radius 1 is 1.19 bits per heavy atom. The van der Waals surface area contributed by atoms with Crippen molar-refractivity contribution in [3.8, 4) is 0 Å². The number of nitrogens with zero attached hydrogens (tertiary/aromatic N) is 4. The Morgan fingerprint density at radius 3 is 2.38 bits per heavy atom. The fraction of sp³-hybridized carbons (Fsp3) is 0.765. The van der Waals surface area contributed by atoms with Gasteiger partial charge in [0.2, 0.25) is 0 Å². The summed E-state index contributed by atoms with van der Waals surface area (Å²) in [5.74, 6) is 1.98. The van der Waals surface area contributed by atoms with Crippen LogP contribution in [-0.2, 0) is 5.41 Å². The number of rotatable bonds is 4. The van der Waals surface area contributed by atoms with E-state index >= 15 is 0 Å². The normalized spacial score (nSPS) is 20.5. The molecule has 1 aromatic heterocycles. The highest BCUT2D eigenvalue weighted by atomic mass is 15.4. The standard InChI is InChI=1S/C17H28N4/c1-17(2,3)15-8-9-16(19-18-15)21-11-14(12-21)20(4)10-13-6-5-7-13/h8-9,13-14H,5-7,10-12H2,1-4H3. The highest BCUT2D eigenvalue weighted by Gasteiger charge is 2.33. The third kappa shape index (κ3) is 3.20. The van der Waals surface area contributed by atoms with E-state index in [0.29, 0.717) is 6.04 Å². The van der Waals surface area contributed by atoms with Crippen LogP contribution in [0.25, 0.3) is 0 Å². The Labute approximate surface area is 128 Å². The number of aromatic nitrogens is 2. The maximum absolute atomic E-state index is 4.41. The topological polar surface area (TPSA) is 32.3 Å². The Balaban J connectivity index is 1.51. The SMILES string of the molecule is CN(CC1CCC1)C1CN(c2ccc(C(C)(C)C)nn2)C1. The van der Waals surface area contributed by atoms with E-state index in [0.717, 1.165) is 30.5 Å². The first-order valence-corrected chi connectivity index (χ1v) is 8.23. The van der Waals surface area contributed by atoms with Gasteiger partial charge in [0.15, 0.2) is 5.82 Å². The van der Waals surface area contributed by atoms with Crippen LogP contribution in [0.2, 0.25) is 0 Å². The van der Waals surface area contributed by atoms with Gasteiger partial charge in [-0.15, -0.1) is 5.10 Å². The van der Waals surface area contributed by atoms with Gasteiger partial charge in [-0.3, -0.25) is 4.90 Å². The summed E-state index contributed by atoms with van der Waals surface area (Å²) in [4.78, 5) is 4.87. The lowest BCUT2D eigenvalue weighted by molar-refractivity contribution is 0.142. The van der Waals surface area contributed by atoms with Crippen LogP contribution < -0.4 is 4.90 Å². The summed E-state index contributed by atoms with van der Waals surface area (Å²) in [7, 11) is 2.27. The monoisotopic (exact) mass is 288 g/mol. The van der Waals surface area contributed by atoms with Crippen LogP contribution >= 0.6 is 0 Å². The van der Waals surface area contributed by atoms with Crippen molar-refractivity contribution in [1.82, 2.24) is 15.1 Å². The molecule has 1 aromatic rings. The molecule has 0 spiro atoms. The molecule has 0 aromatic carbocycles. The van der Waals surface area contributed by atoms with Gasteiger partial charge in [0.05, 0.1) is 5.69 Å². The van der Waals surface area contributed by atoms with Gasteiger partial charge in [0.1, 0.15) is 0 Å². The van der Waals surface area contributed by atoms with Crippen molar-refractivity contribution >= 4 is 5.82 Å². The van der Waals surface area contributed by atoms with Gasteiger partial charge in [-0.1, -0.05) is 27.2 Å². The lowest BCUT2D eigenvalue weighted by atomic mass is 9.84. The second-order valence-electron chi connectivity index (χ2n) is 7.82. The third-order valence-corrected chi connectivity index (χ3v) is 5.00. The van der Waals surface area contributed by atoms with Crippen molar-refractivity contribution in [1.29, 1.82) is 0 Å². The molecule has 0 unspecified atom stereocenters. The lowest BCUT2D eigenvalue weighted by Crippen LogP contribution is -2.59. The van der Waals surface area contributed by atoms with Crippen LogP contribution in [0.5, 0.6) is 0 Å². The van der Waals surface area contributed by atoms with Gasteiger partial charge in [-0.05, 0) is 37.9 Å². The van der Waals surface area contributed by atoms with E-state index in [1.807, 2.05) is 0 Å². The average Bonchev–Trinajstić information content (AvgIpc) is 2.31. The Bertz CT molecular complexity index is 467. The molecule has 1 saturated heterocycles. The van der Waals surface area contributed by atoms with Crippen LogP contribution in [0.1, 0.15) is 45.7 Å². The first-order chi connectivity index (χ1) is 9.93. The minimum absolute atomic E-state index is 0.0754. The first kappa shape index (κ1) is 14.8. The summed E-state index contributed by atoms with van der Waals surface area (Å²) in [6, 6.07) is 4.93. The molecule has 2 aliphatic rings. The summed E-state index contributed by atoms with van der Waals surface area (Å²) in [6.07, 6.45) is 4.30. The summed E-state index contributed by atoms with van der Waals surface area (Å²) in [6.45, 7) is 9.97. The van der Waals surface area contributed by atoms with Gasteiger partial charge in [0, 0.05) is 31.1 Å². The predicted octanol–water partition coefficient (Wildman–Crippen LogP) is 2.69. The second-order valence-corrected chi connectivity index (χ2v) is 7.82. The molecule has 1 aliphatic carbocycles. The van der Waals surface area contributed by atoms with E-state index < -0.39 is 0 Å². The maximum atomic E-state index is 4.41. The van der Waals surface area contributed by atoms with Gasteiger partial charge in [-0.2, -0.15) is 5.10 Å². The minimum atomic E-state index is 0.0754. The van der Waals surface area contributed by atoms with Gasteiger partial charge in [0.25, 0.3) is 0 Å². The fourth-order valence-corrected chi connectivity index (χ4v) is 3.05. The molecule has 116 valence electrons. The van der Waals surface area contributed by atoms with Gasteiger partial charge < -0.3 is 4.90 Å². The Morgan fingerprint density at radius 2 is 1.90 bits per heavy atom. The van der Waals surface area contributed by atoms with Crippen LogP contribution in [0.4, 0.5) is 5.82 Å². The van der Waals surface area contributed by atoms with Crippen molar-refractivity contribution in [2.75, 3.05) is 31.6 Å².